The molecule has 1 amide bonds. The summed E-state index contributed by atoms with van der Waals surface area (Å²) in [6.45, 7) is 4.50. The van der Waals surface area contributed by atoms with E-state index in [0.29, 0.717) is 6.54 Å². The number of hydrogen-bond donors (Lipinski definition) is 0. The molecule has 0 spiro atoms. The number of rotatable bonds is 5. The molecular formula is C15H22N2OS. The molecule has 104 valence electrons. The van der Waals surface area contributed by atoms with Crippen LogP contribution in [0.4, 0.5) is 5.69 Å². The zero-order chi connectivity index (χ0) is 13.7. The molecule has 0 bridgehead atoms. The highest BCUT2D eigenvalue weighted by molar-refractivity contribution is 7.99. The Kier molecular flexibility index (Phi) is 5.28. The second-order valence-electron chi connectivity index (χ2n) is 4.95. The van der Waals surface area contributed by atoms with Crippen LogP contribution < -0.4 is 4.90 Å². The number of carbonyl (C=O) groups excluding carboxylic acids is 1. The molecule has 1 aliphatic heterocycles. The molecule has 0 radical (unpaired) electrons. The Morgan fingerprint density at radius 3 is 3.00 bits per heavy atom. The quantitative estimate of drug-likeness (QED) is 0.827. The van der Waals surface area contributed by atoms with E-state index in [1.807, 2.05) is 41.9 Å². The molecule has 1 aliphatic rings. The Hall–Kier alpha value is -1.00. The first kappa shape index (κ1) is 14.4. The fourth-order valence-electron chi connectivity index (χ4n) is 2.25. The van der Waals surface area contributed by atoms with Gasteiger partial charge in [-0.25, -0.2) is 0 Å². The normalized spacial score (nSPS) is 14.6. The lowest BCUT2D eigenvalue weighted by atomic mass is 10.2. The van der Waals surface area contributed by atoms with Gasteiger partial charge in [-0.3, -0.25) is 9.69 Å². The Balaban J connectivity index is 2.00. The minimum atomic E-state index is 0.214. The van der Waals surface area contributed by atoms with Gasteiger partial charge in [-0.2, -0.15) is 0 Å². The highest BCUT2D eigenvalue weighted by Gasteiger charge is 2.23. The number of benzene rings is 1. The Morgan fingerprint density at radius 1 is 1.42 bits per heavy atom. The topological polar surface area (TPSA) is 23.6 Å². The summed E-state index contributed by atoms with van der Waals surface area (Å²) in [5.74, 6) is 1.20. The molecule has 0 aliphatic carbocycles. The van der Waals surface area contributed by atoms with Crippen molar-refractivity contribution < 1.29 is 4.79 Å². The van der Waals surface area contributed by atoms with Gasteiger partial charge in [-0.1, -0.05) is 25.5 Å². The van der Waals surface area contributed by atoms with Crippen LogP contribution in [-0.2, 0) is 4.79 Å². The number of unbranched alkanes of at least 4 members (excludes halogenated alkanes) is 1. The fourth-order valence-corrected chi connectivity index (χ4v) is 3.25. The summed E-state index contributed by atoms with van der Waals surface area (Å²) in [5, 5.41) is 0. The Morgan fingerprint density at radius 2 is 2.21 bits per heavy atom. The van der Waals surface area contributed by atoms with E-state index in [4.69, 9.17) is 0 Å². The number of likely N-dealkylation sites (N-methyl/N-ethyl adjacent to an activating group) is 1. The number of para-hydroxylation sites is 1. The lowest BCUT2D eigenvalue weighted by Crippen LogP contribution is -2.42. The smallest absolute Gasteiger partial charge is 0.241 e. The van der Waals surface area contributed by atoms with Crippen molar-refractivity contribution in [1.29, 1.82) is 0 Å². The van der Waals surface area contributed by atoms with Gasteiger partial charge < -0.3 is 4.90 Å². The number of amides is 1. The summed E-state index contributed by atoms with van der Waals surface area (Å²) in [6.07, 6.45) is 2.32. The van der Waals surface area contributed by atoms with Crippen LogP contribution in [0.15, 0.2) is 29.2 Å². The summed E-state index contributed by atoms with van der Waals surface area (Å²) in [6, 6.07) is 8.19. The van der Waals surface area contributed by atoms with Gasteiger partial charge in [0.2, 0.25) is 5.91 Å². The molecule has 0 N–H and O–H groups in total. The fraction of sp³-hybridized carbons (Fsp3) is 0.533. The van der Waals surface area contributed by atoms with E-state index in [-0.39, 0.29) is 5.91 Å². The van der Waals surface area contributed by atoms with E-state index in [0.717, 1.165) is 31.0 Å². The number of carbonyl (C=O) groups is 1. The van der Waals surface area contributed by atoms with Crippen LogP contribution in [0.5, 0.6) is 0 Å². The first-order chi connectivity index (χ1) is 9.22. The molecule has 0 aromatic heterocycles. The van der Waals surface area contributed by atoms with Crippen molar-refractivity contribution in [3.63, 3.8) is 0 Å². The summed E-state index contributed by atoms with van der Waals surface area (Å²) >= 11 is 1.84. The summed E-state index contributed by atoms with van der Waals surface area (Å²) in [7, 11) is 2.03. The lowest BCUT2D eigenvalue weighted by molar-refractivity contribution is -0.119. The third kappa shape index (κ3) is 3.74. The molecule has 1 aromatic rings. The molecule has 1 aromatic carbocycles. The van der Waals surface area contributed by atoms with E-state index in [2.05, 4.69) is 17.9 Å². The third-order valence-electron chi connectivity index (χ3n) is 3.33. The molecule has 0 saturated heterocycles. The largest absolute Gasteiger partial charge is 0.309 e. The molecule has 0 unspecified atom stereocenters. The van der Waals surface area contributed by atoms with Crippen LogP contribution in [0.2, 0.25) is 0 Å². The van der Waals surface area contributed by atoms with Gasteiger partial charge >= 0.3 is 0 Å². The van der Waals surface area contributed by atoms with Gasteiger partial charge in [0.05, 0.1) is 12.2 Å². The Bertz CT molecular complexity index is 436. The van der Waals surface area contributed by atoms with Crippen molar-refractivity contribution in [2.45, 2.75) is 24.7 Å². The van der Waals surface area contributed by atoms with Crippen LogP contribution in [0.1, 0.15) is 19.8 Å². The first-order valence-electron chi connectivity index (χ1n) is 6.93. The van der Waals surface area contributed by atoms with E-state index >= 15 is 0 Å². The van der Waals surface area contributed by atoms with E-state index in [1.54, 1.807) is 0 Å². The van der Waals surface area contributed by atoms with Crippen molar-refractivity contribution in [2.75, 3.05) is 37.3 Å². The van der Waals surface area contributed by atoms with Gasteiger partial charge in [0, 0.05) is 17.2 Å². The predicted molar refractivity (Wildman–Crippen MR) is 81.9 cm³/mol. The summed E-state index contributed by atoms with van der Waals surface area (Å²) in [4.78, 5) is 17.7. The number of fused-ring (bicyclic) bond motifs is 1. The molecule has 3 nitrogen and oxygen atoms in total. The van der Waals surface area contributed by atoms with Crippen LogP contribution >= 0.6 is 11.8 Å². The number of thioether (sulfide) groups is 1. The third-order valence-corrected chi connectivity index (χ3v) is 4.37. The van der Waals surface area contributed by atoms with Crippen molar-refractivity contribution >= 4 is 23.4 Å². The van der Waals surface area contributed by atoms with Crippen molar-refractivity contribution in [3.8, 4) is 0 Å². The van der Waals surface area contributed by atoms with Gasteiger partial charge in [0.15, 0.2) is 0 Å². The minimum Gasteiger partial charge on any atom is -0.309 e. The molecule has 4 heteroatoms. The standard InChI is InChI=1S/C15H22N2OS/c1-3-4-9-16(2)12-15(18)17-10-11-19-14-8-6-5-7-13(14)17/h5-8H,3-4,9-12H2,1-2H3. The second kappa shape index (κ2) is 6.96. The van der Waals surface area contributed by atoms with E-state index in [9.17, 15) is 4.79 Å². The molecule has 19 heavy (non-hydrogen) atoms. The first-order valence-corrected chi connectivity index (χ1v) is 7.91. The maximum absolute atomic E-state index is 12.4. The predicted octanol–water partition coefficient (Wildman–Crippen LogP) is 2.86. The molecule has 1 heterocycles. The van der Waals surface area contributed by atoms with Crippen molar-refractivity contribution in [2.24, 2.45) is 0 Å². The van der Waals surface area contributed by atoms with Gasteiger partial charge in [-0.05, 0) is 32.1 Å². The van der Waals surface area contributed by atoms with E-state index < -0.39 is 0 Å². The average molecular weight is 278 g/mol. The van der Waals surface area contributed by atoms with Crippen molar-refractivity contribution in [1.82, 2.24) is 4.90 Å². The molecule has 0 saturated carbocycles. The Labute approximate surface area is 120 Å². The van der Waals surface area contributed by atoms with Gasteiger partial charge in [-0.15, -0.1) is 11.8 Å². The van der Waals surface area contributed by atoms with Crippen LogP contribution in [0.3, 0.4) is 0 Å². The minimum absolute atomic E-state index is 0.214. The van der Waals surface area contributed by atoms with Crippen LogP contribution in [-0.4, -0.2) is 43.2 Å². The van der Waals surface area contributed by atoms with Gasteiger partial charge in [0.25, 0.3) is 0 Å². The van der Waals surface area contributed by atoms with Crippen molar-refractivity contribution in [3.05, 3.63) is 24.3 Å². The summed E-state index contributed by atoms with van der Waals surface area (Å²) < 4.78 is 0. The summed E-state index contributed by atoms with van der Waals surface area (Å²) in [5.41, 5.74) is 1.08. The maximum atomic E-state index is 12.4. The zero-order valence-electron chi connectivity index (χ0n) is 11.8. The zero-order valence-corrected chi connectivity index (χ0v) is 12.6. The average Bonchev–Trinajstić information content (AvgIpc) is 2.44. The molecule has 0 atom stereocenters. The molecule has 0 fully saturated rings. The number of hydrogen-bond acceptors (Lipinski definition) is 3. The SMILES string of the molecule is CCCCN(C)CC(=O)N1CCSc2ccccc21. The van der Waals surface area contributed by atoms with Gasteiger partial charge in [0.1, 0.15) is 0 Å². The van der Waals surface area contributed by atoms with E-state index in [1.165, 1.54) is 11.3 Å². The number of anilines is 1. The molecule has 2 rings (SSSR count). The lowest BCUT2D eigenvalue weighted by Gasteiger charge is -2.30. The highest BCUT2D eigenvalue weighted by Crippen LogP contribution is 2.34. The highest BCUT2D eigenvalue weighted by atomic mass is 32.2. The molecular weight excluding hydrogens is 256 g/mol. The maximum Gasteiger partial charge on any atom is 0.241 e. The van der Waals surface area contributed by atoms with Crippen LogP contribution in [0, 0.1) is 0 Å². The number of nitrogens with zero attached hydrogens (tertiary/aromatic N) is 2. The monoisotopic (exact) mass is 278 g/mol. The second-order valence-corrected chi connectivity index (χ2v) is 6.09. The van der Waals surface area contributed by atoms with Crippen LogP contribution in [0.25, 0.3) is 0 Å².